The molecule has 2 aromatic carbocycles. The standard InChI is InChI=1S/C20H20N2O4/c1-2-3-11-21-18(23)13-25-20(24)15-9-10-17-16(12-15)19(26-22-17)14-7-5-4-6-8-14/h4-10,12H,2-3,11,13H2,1H3,(H,21,23). The Morgan fingerprint density at radius 1 is 1.15 bits per heavy atom. The zero-order valence-corrected chi connectivity index (χ0v) is 14.5. The second-order valence-electron chi connectivity index (χ2n) is 5.89. The molecule has 134 valence electrons. The average molecular weight is 352 g/mol. The predicted octanol–water partition coefficient (Wildman–Crippen LogP) is 3.57. The van der Waals surface area contributed by atoms with E-state index in [0.717, 1.165) is 23.8 Å². The lowest BCUT2D eigenvalue weighted by molar-refractivity contribution is -0.124. The van der Waals surface area contributed by atoms with Crippen molar-refractivity contribution in [2.24, 2.45) is 0 Å². The van der Waals surface area contributed by atoms with Gasteiger partial charge in [-0.25, -0.2) is 4.79 Å². The van der Waals surface area contributed by atoms with Gasteiger partial charge in [-0.15, -0.1) is 0 Å². The Kier molecular flexibility index (Phi) is 5.63. The second-order valence-corrected chi connectivity index (χ2v) is 5.89. The van der Waals surface area contributed by atoms with E-state index in [4.69, 9.17) is 9.26 Å². The van der Waals surface area contributed by atoms with Crippen LogP contribution in [0, 0.1) is 0 Å². The minimum atomic E-state index is -0.558. The van der Waals surface area contributed by atoms with Gasteiger partial charge in [-0.3, -0.25) is 4.79 Å². The molecule has 3 aromatic rings. The molecule has 0 spiro atoms. The minimum absolute atomic E-state index is 0.296. The van der Waals surface area contributed by atoms with Crippen LogP contribution in [0.15, 0.2) is 53.1 Å². The van der Waals surface area contributed by atoms with E-state index in [1.54, 1.807) is 18.2 Å². The van der Waals surface area contributed by atoms with Gasteiger partial charge in [-0.1, -0.05) is 48.8 Å². The molecule has 0 unspecified atom stereocenters. The highest BCUT2D eigenvalue weighted by molar-refractivity contribution is 5.99. The summed E-state index contributed by atoms with van der Waals surface area (Å²) in [4.78, 5) is 23.9. The maximum Gasteiger partial charge on any atom is 0.338 e. The van der Waals surface area contributed by atoms with E-state index in [2.05, 4.69) is 10.5 Å². The second kappa shape index (κ2) is 8.29. The third-order valence-corrected chi connectivity index (χ3v) is 3.93. The van der Waals surface area contributed by atoms with Gasteiger partial charge in [0, 0.05) is 12.1 Å². The Bertz CT molecular complexity index is 903. The lowest BCUT2D eigenvalue weighted by Gasteiger charge is -2.06. The van der Waals surface area contributed by atoms with Crippen molar-refractivity contribution in [1.29, 1.82) is 0 Å². The first kappa shape index (κ1) is 17.7. The van der Waals surface area contributed by atoms with Crippen LogP contribution in [0.1, 0.15) is 30.1 Å². The highest BCUT2D eigenvalue weighted by Crippen LogP contribution is 2.29. The average Bonchev–Trinajstić information content (AvgIpc) is 3.10. The van der Waals surface area contributed by atoms with Crippen molar-refractivity contribution >= 4 is 22.8 Å². The van der Waals surface area contributed by atoms with Gasteiger partial charge in [0.1, 0.15) is 5.52 Å². The van der Waals surface area contributed by atoms with Gasteiger partial charge in [0.05, 0.1) is 10.9 Å². The van der Waals surface area contributed by atoms with Gasteiger partial charge in [0.2, 0.25) is 0 Å². The predicted molar refractivity (Wildman–Crippen MR) is 97.6 cm³/mol. The third kappa shape index (κ3) is 4.08. The molecule has 3 rings (SSSR count). The number of nitrogens with one attached hydrogen (secondary N) is 1. The zero-order valence-electron chi connectivity index (χ0n) is 14.5. The zero-order chi connectivity index (χ0) is 18.4. The molecule has 0 saturated carbocycles. The smallest absolute Gasteiger partial charge is 0.338 e. The number of nitrogens with zero attached hydrogens (tertiary/aromatic N) is 1. The Hall–Kier alpha value is -3.15. The third-order valence-electron chi connectivity index (χ3n) is 3.93. The van der Waals surface area contributed by atoms with Crippen LogP contribution in [0.5, 0.6) is 0 Å². The number of hydrogen-bond acceptors (Lipinski definition) is 5. The highest BCUT2D eigenvalue weighted by Gasteiger charge is 2.15. The van der Waals surface area contributed by atoms with E-state index < -0.39 is 5.97 Å². The first-order valence-corrected chi connectivity index (χ1v) is 8.57. The van der Waals surface area contributed by atoms with Crippen LogP contribution >= 0.6 is 0 Å². The fourth-order valence-electron chi connectivity index (χ4n) is 2.54. The molecule has 26 heavy (non-hydrogen) atoms. The molecule has 0 aliphatic rings. The van der Waals surface area contributed by atoms with Gasteiger partial charge in [-0.05, 0) is 24.6 Å². The van der Waals surface area contributed by atoms with Gasteiger partial charge in [-0.2, -0.15) is 0 Å². The minimum Gasteiger partial charge on any atom is -0.452 e. The van der Waals surface area contributed by atoms with Gasteiger partial charge >= 0.3 is 5.97 Å². The summed E-state index contributed by atoms with van der Waals surface area (Å²) < 4.78 is 10.5. The maximum atomic E-state index is 12.2. The summed E-state index contributed by atoms with van der Waals surface area (Å²) >= 11 is 0. The largest absolute Gasteiger partial charge is 0.452 e. The molecule has 1 amide bonds. The van der Waals surface area contributed by atoms with Crippen LogP contribution in [0.25, 0.3) is 22.2 Å². The van der Waals surface area contributed by atoms with Crippen molar-refractivity contribution in [2.45, 2.75) is 19.8 Å². The number of esters is 1. The summed E-state index contributed by atoms with van der Waals surface area (Å²) in [5, 5.41) is 7.45. The first-order chi connectivity index (χ1) is 12.7. The summed E-state index contributed by atoms with van der Waals surface area (Å²) in [6.07, 6.45) is 1.88. The molecular weight excluding hydrogens is 332 g/mol. The highest BCUT2D eigenvalue weighted by atomic mass is 16.5. The maximum absolute atomic E-state index is 12.2. The lowest BCUT2D eigenvalue weighted by Crippen LogP contribution is -2.29. The van der Waals surface area contributed by atoms with Crippen LogP contribution in [0.4, 0.5) is 0 Å². The molecular formula is C20H20N2O4. The molecule has 6 heteroatoms. The fourth-order valence-corrected chi connectivity index (χ4v) is 2.54. The summed E-state index contributed by atoms with van der Waals surface area (Å²) in [6.45, 7) is 2.33. The topological polar surface area (TPSA) is 81.4 Å². The molecule has 0 saturated heterocycles. The van der Waals surface area contributed by atoms with Gasteiger partial charge < -0.3 is 14.6 Å². The fraction of sp³-hybridized carbons (Fsp3) is 0.250. The quantitative estimate of drug-likeness (QED) is 0.519. The Morgan fingerprint density at radius 2 is 1.96 bits per heavy atom. The van der Waals surface area contributed by atoms with Gasteiger partial charge in [0.25, 0.3) is 5.91 Å². The molecule has 0 fully saturated rings. The number of ether oxygens (including phenoxy) is 1. The molecule has 0 atom stereocenters. The van der Waals surface area contributed by atoms with Crippen molar-refractivity contribution in [3.8, 4) is 11.3 Å². The SMILES string of the molecule is CCCCNC(=O)COC(=O)c1ccc2noc(-c3ccccc3)c2c1. The van der Waals surface area contributed by atoms with E-state index >= 15 is 0 Å². The van der Waals surface area contributed by atoms with Crippen LogP contribution in [-0.4, -0.2) is 30.2 Å². The number of carbonyl (C=O) groups excluding carboxylic acids is 2. The van der Waals surface area contributed by atoms with Crippen molar-refractivity contribution in [3.05, 3.63) is 54.1 Å². The first-order valence-electron chi connectivity index (χ1n) is 8.57. The van der Waals surface area contributed by atoms with Crippen molar-refractivity contribution in [3.63, 3.8) is 0 Å². The van der Waals surface area contributed by atoms with Crippen molar-refractivity contribution < 1.29 is 18.8 Å². The number of aromatic nitrogens is 1. The van der Waals surface area contributed by atoms with Crippen molar-refractivity contribution in [2.75, 3.05) is 13.2 Å². The summed E-state index contributed by atoms with van der Waals surface area (Å²) in [7, 11) is 0. The monoisotopic (exact) mass is 352 g/mol. The number of amides is 1. The number of rotatable bonds is 7. The Labute approximate surface area is 151 Å². The molecule has 0 aliphatic carbocycles. The summed E-state index contributed by atoms with van der Waals surface area (Å²) in [6, 6.07) is 14.5. The van der Waals surface area contributed by atoms with Crippen molar-refractivity contribution in [1.82, 2.24) is 10.5 Å². The molecule has 1 heterocycles. The van der Waals surface area contributed by atoms with Gasteiger partial charge in [0.15, 0.2) is 12.4 Å². The van der Waals surface area contributed by atoms with Crippen LogP contribution in [-0.2, 0) is 9.53 Å². The number of benzene rings is 2. The number of unbranched alkanes of at least 4 members (excludes halogenated alkanes) is 1. The molecule has 0 aliphatic heterocycles. The van der Waals surface area contributed by atoms with E-state index in [1.165, 1.54) is 0 Å². The van der Waals surface area contributed by atoms with Crippen LogP contribution in [0.3, 0.4) is 0 Å². The summed E-state index contributed by atoms with van der Waals surface area (Å²) in [5.41, 5.74) is 1.87. The molecule has 0 bridgehead atoms. The lowest BCUT2D eigenvalue weighted by atomic mass is 10.1. The Morgan fingerprint density at radius 3 is 2.73 bits per heavy atom. The van der Waals surface area contributed by atoms with E-state index in [9.17, 15) is 9.59 Å². The van der Waals surface area contributed by atoms with Crippen LogP contribution < -0.4 is 5.32 Å². The molecule has 1 N–H and O–H groups in total. The van der Waals surface area contributed by atoms with E-state index in [-0.39, 0.29) is 12.5 Å². The number of fused-ring (bicyclic) bond motifs is 1. The molecule has 1 aromatic heterocycles. The molecule has 0 radical (unpaired) electrons. The molecule has 6 nitrogen and oxygen atoms in total. The Balaban J connectivity index is 1.72. The number of carbonyl (C=O) groups is 2. The normalized spacial score (nSPS) is 10.7. The van der Waals surface area contributed by atoms with E-state index in [0.29, 0.717) is 23.4 Å². The van der Waals surface area contributed by atoms with E-state index in [1.807, 2.05) is 37.3 Å². The van der Waals surface area contributed by atoms with Crippen LogP contribution in [0.2, 0.25) is 0 Å². The number of hydrogen-bond donors (Lipinski definition) is 1. The summed E-state index contributed by atoms with van der Waals surface area (Å²) in [5.74, 6) is -0.270.